The smallest absolute Gasteiger partial charge is 0.255 e. The van der Waals surface area contributed by atoms with E-state index in [-0.39, 0.29) is 11.8 Å². The van der Waals surface area contributed by atoms with E-state index in [1.54, 1.807) is 10.9 Å². The largest absolute Gasteiger partial charge is 0.346 e. The number of amides is 1. The molecule has 0 saturated heterocycles. The molecule has 3 aromatic rings. The zero-order valence-corrected chi connectivity index (χ0v) is 16.9. The number of imidazole rings is 1. The first-order chi connectivity index (χ1) is 13.5. The van der Waals surface area contributed by atoms with E-state index in [1.165, 1.54) is 12.8 Å². The summed E-state index contributed by atoms with van der Waals surface area (Å²) in [6.07, 6.45) is 7.06. The minimum absolute atomic E-state index is 0.127. The second-order valence-corrected chi connectivity index (χ2v) is 7.91. The fraction of sp³-hybridized carbons (Fsp3) is 0.381. The molecule has 1 N–H and O–H groups in total. The molecule has 2 aromatic heterocycles. The highest BCUT2D eigenvalue weighted by atomic mass is 35.5. The molecule has 3 heterocycles. The van der Waals surface area contributed by atoms with Crippen molar-refractivity contribution in [2.75, 3.05) is 0 Å². The van der Waals surface area contributed by atoms with Crippen molar-refractivity contribution in [1.82, 2.24) is 24.6 Å². The highest BCUT2D eigenvalue weighted by molar-refractivity contribution is 6.30. The summed E-state index contributed by atoms with van der Waals surface area (Å²) in [5, 5.41) is 8.09. The zero-order chi connectivity index (χ0) is 19.7. The average Bonchev–Trinajstić information content (AvgIpc) is 3.30. The van der Waals surface area contributed by atoms with Gasteiger partial charge in [-0.25, -0.2) is 9.67 Å². The molecule has 4 rings (SSSR count). The lowest BCUT2D eigenvalue weighted by Crippen LogP contribution is -2.24. The van der Waals surface area contributed by atoms with Crippen LogP contribution in [-0.4, -0.2) is 25.2 Å². The van der Waals surface area contributed by atoms with Crippen molar-refractivity contribution in [3.05, 3.63) is 64.5 Å². The van der Waals surface area contributed by atoms with Gasteiger partial charge in [0.15, 0.2) is 0 Å². The Hall–Kier alpha value is -2.60. The predicted molar refractivity (Wildman–Crippen MR) is 109 cm³/mol. The first kappa shape index (κ1) is 18.7. The molecule has 0 atom stereocenters. The molecule has 1 aliphatic rings. The summed E-state index contributed by atoms with van der Waals surface area (Å²) < 4.78 is 3.99. The van der Waals surface area contributed by atoms with Crippen molar-refractivity contribution in [2.45, 2.75) is 52.1 Å². The van der Waals surface area contributed by atoms with Gasteiger partial charge in [0.05, 0.1) is 35.4 Å². The van der Waals surface area contributed by atoms with E-state index < -0.39 is 0 Å². The van der Waals surface area contributed by atoms with Crippen LogP contribution >= 0.6 is 11.6 Å². The molecule has 146 valence electrons. The fourth-order valence-electron chi connectivity index (χ4n) is 3.72. The Kier molecular flexibility index (Phi) is 5.22. The Balaban J connectivity index is 1.55. The monoisotopic (exact) mass is 397 g/mol. The fourth-order valence-corrected chi connectivity index (χ4v) is 3.91. The molecule has 0 fully saturated rings. The van der Waals surface area contributed by atoms with E-state index in [0.717, 1.165) is 35.9 Å². The van der Waals surface area contributed by atoms with Gasteiger partial charge < -0.3 is 9.88 Å². The lowest BCUT2D eigenvalue weighted by molar-refractivity contribution is 0.0949. The van der Waals surface area contributed by atoms with Crippen LogP contribution in [0.2, 0.25) is 5.02 Å². The first-order valence-electron chi connectivity index (χ1n) is 9.70. The molecule has 0 spiro atoms. The number of aryl methyl sites for hydroxylation is 2. The van der Waals surface area contributed by atoms with Crippen LogP contribution in [0.5, 0.6) is 0 Å². The van der Waals surface area contributed by atoms with Crippen molar-refractivity contribution in [1.29, 1.82) is 0 Å². The number of carbonyl (C=O) groups excluding carboxylic acids is 1. The number of halogens is 1. The maximum Gasteiger partial charge on any atom is 0.255 e. The molecule has 0 saturated carbocycles. The van der Waals surface area contributed by atoms with Crippen LogP contribution in [0.15, 0.2) is 36.7 Å². The molecule has 0 unspecified atom stereocenters. The number of benzene rings is 1. The van der Waals surface area contributed by atoms with E-state index in [2.05, 4.69) is 33.8 Å². The van der Waals surface area contributed by atoms with Crippen LogP contribution in [0.1, 0.15) is 60.2 Å². The maximum atomic E-state index is 12.9. The molecule has 0 radical (unpaired) electrons. The van der Waals surface area contributed by atoms with Gasteiger partial charge in [-0.2, -0.15) is 5.10 Å². The van der Waals surface area contributed by atoms with Gasteiger partial charge in [0, 0.05) is 24.2 Å². The van der Waals surface area contributed by atoms with Gasteiger partial charge in [0.1, 0.15) is 5.82 Å². The summed E-state index contributed by atoms with van der Waals surface area (Å²) in [5.41, 5.74) is 3.19. The van der Waals surface area contributed by atoms with Crippen LogP contribution < -0.4 is 5.32 Å². The molecular formula is C21H24ClN5O. The lowest BCUT2D eigenvalue weighted by atomic mass is 10.0. The Morgan fingerprint density at radius 1 is 1.32 bits per heavy atom. The molecule has 7 heteroatoms. The molecule has 1 aromatic carbocycles. The summed E-state index contributed by atoms with van der Waals surface area (Å²) in [6.45, 7) is 5.54. The number of nitrogens with one attached hydrogen (secondary N) is 1. The third kappa shape index (κ3) is 3.69. The van der Waals surface area contributed by atoms with Crippen molar-refractivity contribution >= 4 is 17.5 Å². The molecular weight excluding hydrogens is 374 g/mol. The highest BCUT2D eigenvalue weighted by Crippen LogP contribution is 2.24. The summed E-state index contributed by atoms with van der Waals surface area (Å²) in [5.74, 6) is 1.11. The number of nitrogens with zero attached hydrogens (tertiary/aromatic N) is 4. The SMILES string of the molecule is CC(C)c1c(C(=O)NCc2cn3c(n2)CCCC3)cnn1-c1cccc(Cl)c1. The predicted octanol–water partition coefficient (Wildman–Crippen LogP) is 4.11. The second kappa shape index (κ2) is 7.80. The maximum absolute atomic E-state index is 12.9. The topological polar surface area (TPSA) is 64.7 Å². The van der Waals surface area contributed by atoms with E-state index >= 15 is 0 Å². The van der Waals surface area contributed by atoms with Crippen molar-refractivity contribution in [2.24, 2.45) is 0 Å². The standard InChI is InChI=1S/C21H24ClN5O/c1-14(2)20-18(12-24-27(20)17-7-5-6-15(22)10-17)21(28)23-11-16-13-26-9-4-3-8-19(26)25-16/h5-7,10,12-14H,3-4,8-9,11H2,1-2H3,(H,23,28). The summed E-state index contributed by atoms with van der Waals surface area (Å²) in [6, 6.07) is 7.48. The van der Waals surface area contributed by atoms with Gasteiger partial charge in [0.2, 0.25) is 0 Å². The number of hydrogen-bond acceptors (Lipinski definition) is 3. The zero-order valence-electron chi connectivity index (χ0n) is 16.2. The van der Waals surface area contributed by atoms with Crippen LogP contribution in [0.25, 0.3) is 5.69 Å². The molecule has 28 heavy (non-hydrogen) atoms. The van der Waals surface area contributed by atoms with Gasteiger partial charge in [-0.3, -0.25) is 4.79 Å². The number of carbonyl (C=O) groups is 1. The van der Waals surface area contributed by atoms with Gasteiger partial charge >= 0.3 is 0 Å². The van der Waals surface area contributed by atoms with Crippen LogP contribution in [0.3, 0.4) is 0 Å². The molecule has 0 bridgehead atoms. The van der Waals surface area contributed by atoms with E-state index in [4.69, 9.17) is 11.6 Å². The summed E-state index contributed by atoms with van der Waals surface area (Å²) >= 11 is 6.13. The van der Waals surface area contributed by atoms with E-state index in [9.17, 15) is 4.79 Å². The quantitative estimate of drug-likeness (QED) is 0.704. The van der Waals surface area contributed by atoms with Gasteiger partial charge in [0.25, 0.3) is 5.91 Å². The molecule has 0 aliphatic carbocycles. The Bertz CT molecular complexity index is 981. The number of hydrogen-bond donors (Lipinski definition) is 1. The molecule has 1 amide bonds. The minimum Gasteiger partial charge on any atom is -0.346 e. The van der Waals surface area contributed by atoms with Crippen molar-refractivity contribution in [3.63, 3.8) is 0 Å². The van der Waals surface area contributed by atoms with Crippen LogP contribution in [0.4, 0.5) is 0 Å². The lowest BCUT2D eigenvalue weighted by Gasteiger charge is -2.13. The number of aromatic nitrogens is 4. The normalized spacial score (nSPS) is 13.6. The average molecular weight is 398 g/mol. The van der Waals surface area contributed by atoms with Crippen molar-refractivity contribution in [3.8, 4) is 5.69 Å². The summed E-state index contributed by atoms with van der Waals surface area (Å²) in [7, 11) is 0. The third-order valence-corrected chi connectivity index (χ3v) is 5.27. The minimum atomic E-state index is -0.136. The van der Waals surface area contributed by atoms with Gasteiger partial charge in [-0.1, -0.05) is 31.5 Å². The van der Waals surface area contributed by atoms with Gasteiger partial charge in [-0.15, -0.1) is 0 Å². The second-order valence-electron chi connectivity index (χ2n) is 7.47. The van der Waals surface area contributed by atoms with Crippen LogP contribution in [0, 0.1) is 0 Å². The molecule has 1 aliphatic heterocycles. The first-order valence-corrected chi connectivity index (χ1v) is 10.1. The van der Waals surface area contributed by atoms with E-state index in [0.29, 0.717) is 17.1 Å². The number of rotatable bonds is 5. The van der Waals surface area contributed by atoms with E-state index in [1.807, 2.05) is 30.5 Å². The third-order valence-electron chi connectivity index (χ3n) is 5.04. The Labute approximate surface area is 169 Å². The van der Waals surface area contributed by atoms with Crippen LogP contribution in [-0.2, 0) is 19.5 Å². The Morgan fingerprint density at radius 2 is 2.18 bits per heavy atom. The Morgan fingerprint density at radius 3 is 2.93 bits per heavy atom. The van der Waals surface area contributed by atoms with Crippen molar-refractivity contribution < 1.29 is 4.79 Å². The highest BCUT2D eigenvalue weighted by Gasteiger charge is 2.21. The summed E-state index contributed by atoms with van der Waals surface area (Å²) in [4.78, 5) is 17.5. The number of fused-ring (bicyclic) bond motifs is 1. The van der Waals surface area contributed by atoms with Gasteiger partial charge in [-0.05, 0) is 37.0 Å². The molecule has 6 nitrogen and oxygen atoms in total.